The molecule has 2 N–H and O–H groups in total. The van der Waals surface area contributed by atoms with Gasteiger partial charge in [-0.15, -0.1) is 0 Å². The molecule has 3 nitrogen and oxygen atoms in total. The van der Waals surface area contributed by atoms with Crippen molar-refractivity contribution in [3.8, 4) is 0 Å². The molecule has 1 saturated heterocycles. The van der Waals surface area contributed by atoms with Crippen molar-refractivity contribution >= 4 is 5.57 Å². The normalized spacial score (nSPS) is 30.3. The van der Waals surface area contributed by atoms with Gasteiger partial charge in [-0.3, -0.25) is 4.90 Å². The van der Waals surface area contributed by atoms with Gasteiger partial charge in [0.15, 0.2) is 0 Å². The Kier molecular flexibility index (Phi) is 4.75. The first-order valence-electron chi connectivity index (χ1n) is 9.57. The maximum atomic E-state index is 9.96. The van der Waals surface area contributed by atoms with Crippen molar-refractivity contribution in [3.05, 3.63) is 41.0 Å². The highest BCUT2D eigenvalue weighted by atomic mass is 16.3. The summed E-state index contributed by atoms with van der Waals surface area (Å²) >= 11 is 0. The number of fused-ring (bicyclic) bond motifs is 2. The molecule has 24 heavy (non-hydrogen) atoms. The zero-order valence-electron chi connectivity index (χ0n) is 14.5. The molecular formula is C21H29NO2. The van der Waals surface area contributed by atoms with E-state index in [0.29, 0.717) is 17.9 Å². The van der Waals surface area contributed by atoms with Crippen LogP contribution in [0.4, 0.5) is 0 Å². The molecule has 0 saturated carbocycles. The van der Waals surface area contributed by atoms with Gasteiger partial charge in [0.1, 0.15) is 0 Å². The fourth-order valence-corrected chi connectivity index (χ4v) is 5.16. The number of aliphatic hydroxyl groups excluding tert-OH is 2. The summed E-state index contributed by atoms with van der Waals surface area (Å²) in [5, 5.41) is 19.7. The summed E-state index contributed by atoms with van der Waals surface area (Å²) in [5.41, 5.74) is 6.04. The van der Waals surface area contributed by atoms with Crippen molar-refractivity contribution in [2.24, 2.45) is 11.8 Å². The van der Waals surface area contributed by atoms with Gasteiger partial charge in [-0.05, 0) is 67.2 Å². The molecular weight excluding hydrogens is 298 g/mol. The lowest BCUT2D eigenvalue weighted by molar-refractivity contribution is 0.0611. The molecule has 1 aromatic carbocycles. The van der Waals surface area contributed by atoms with Gasteiger partial charge in [-0.2, -0.15) is 0 Å². The molecule has 3 aliphatic rings. The summed E-state index contributed by atoms with van der Waals surface area (Å²) in [5.74, 6) is 0.817. The number of aliphatic hydroxyl groups is 2. The van der Waals surface area contributed by atoms with Crippen molar-refractivity contribution in [1.82, 2.24) is 4.90 Å². The van der Waals surface area contributed by atoms with E-state index in [9.17, 15) is 10.2 Å². The Morgan fingerprint density at radius 1 is 1.04 bits per heavy atom. The summed E-state index contributed by atoms with van der Waals surface area (Å²) in [6, 6.07) is 9.13. The topological polar surface area (TPSA) is 43.7 Å². The Morgan fingerprint density at radius 2 is 1.92 bits per heavy atom. The van der Waals surface area contributed by atoms with Crippen molar-refractivity contribution < 1.29 is 10.2 Å². The second kappa shape index (κ2) is 6.99. The maximum Gasteiger partial charge on any atom is 0.0586 e. The molecule has 1 fully saturated rings. The van der Waals surface area contributed by atoms with Crippen LogP contribution in [0.2, 0.25) is 0 Å². The number of rotatable bonds is 4. The quantitative estimate of drug-likeness (QED) is 0.894. The molecule has 0 bridgehead atoms. The highest BCUT2D eigenvalue weighted by Crippen LogP contribution is 2.46. The first-order valence-corrected chi connectivity index (χ1v) is 9.57. The summed E-state index contributed by atoms with van der Waals surface area (Å²) in [6.07, 6.45) is 6.83. The van der Waals surface area contributed by atoms with Crippen LogP contribution in [0.25, 0.3) is 5.57 Å². The van der Waals surface area contributed by atoms with E-state index in [1.807, 2.05) is 0 Å². The number of hydrogen-bond acceptors (Lipinski definition) is 3. The summed E-state index contributed by atoms with van der Waals surface area (Å²) < 4.78 is 0. The van der Waals surface area contributed by atoms with Crippen LogP contribution in [-0.4, -0.2) is 47.5 Å². The van der Waals surface area contributed by atoms with E-state index in [0.717, 1.165) is 38.8 Å². The number of piperidine rings is 1. The summed E-state index contributed by atoms with van der Waals surface area (Å²) in [6.45, 7) is 2.65. The third-order valence-electron chi connectivity index (χ3n) is 6.52. The smallest absolute Gasteiger partial charge is 0.0586 e. The fraction of sp³-hybridized carbons (Fsp3) is 0.619. The molecule has 130 valence electrons. The molecule has 0 amide bonds. The highest BCUT2D eigenvalue weighted by molar-refractivity contribution is 5.77. The number of nitrogens with zero attached hydrogens (tertiary/aromatic N) is 1. The van der Waals surface area contributed by atoms with Crippen LogP contribution < -0.4 is 0 Å². The number of allylic oxidation sites excluding steroid dienone is 1. The predicted octanol–water partition coefficient (Wildman–Crippen LogP) is 2.86. The minimum absolute atomic E-state index is 0.267. The fourth-order valence-electron chi connectivity index (χ4n) is 5.16. The zero-order valence-corrected chi connectivity index (χ0v) is 14.5. The monoisotopic (exact) mass is 327 g/mol. The average molecular weight is 327 g/mol. The lowest BCUT2D eigenvalue weighted by Gasteiger charge is -2.41. The van der Waals surface area contributed by atoms with Gasteiger partial charge in [0.2, 0.25) is 0 Å². The SMILES string of the molecule is OCC1CCC2=C(Cc3ccccc32)C1CN1CCCCC1CO. The lowest BCUT2D eigenvalue weighted by Crippen LogP contribution is -2.46. The molecule has 2 aliphatic carbocycles. The predicted molar refractivity (Wildman–Crippen MR) is 96.7 cm³/mol. The van der Waals surface area contributed by atoms with E-state index in [1.54, 1.807) is 11.1 Å². The molecule has 0 spiro atoms. The van der Waals surface area contributed by atoms with Crippen molar-refractivity contribution in [1.29, 1.82) is 0 Å². The molecule has 1 aromatic rings. The summed E-state index contributed by atoms with van der Waals surface area (Å²) in [7, 11) is 0. The van der Waals surface area contributed by atoms with Gasteiger partial charge in [-0.25, -0.2) is 0 Å². The van der Waals surface area contributed by atoms with Gasteiger partial charge < -0.3 is 10.2 Å². The minimum atomic E-state index is 0.267. The van der Waals surface area contributed by atoms with Crippen molar-refractivity contribution in [2.75, 3.05) is 26.3 Å². The largest absolute Gasteiger partial charge is 0.396 e. The van der Waals surface area contributed by atoms with E-state index in [1.165, 1.54) is 24.0 Å². The van der Waals surface area contributed by atoms with Gasteiger partial charge in [0.05, 0.1) is 6.61 Å². The zero-order chi connectivity index (χ0) is 16.5. The number of hydrogen-bond donors (Lipinski definition) is 2. The summed E-state index contributed by atoms with van der Waals surface area (Å²) in [4.78, 5) is 2.50. The Morgan fingerprint density at radius 3 is 2.75 bits per heavy atom. The average Bonchev–Trinajstić information content (AvgIpc) is 3.01. The minimum Gasteiger partial charge on any atom is -0.396 e. The van der Waals surface area contributed by atoms with Crippen LogP contribution in [0, 0.1) is 11.8 Å². The van der Waals surface area contributed by atoms with E-state index in [4.69, 9.17) is 0 Å². The molecule has 1 aliphatic heterocycles. The molecule has 3 heteroatoms. The third kappa shape index (κ3) is 2.83. The van der Waals surface area contributed by atoms with Gasteiger partial charge in [0, 0.05) is 19.2 Å². The van der Waals surface area contributed by atoms with Crippen LogP contribution in [0.3, 0.4) is 0 Å². The van der Waals surface area contributed by atoms with Crippen LogP contribution in [-0.2, 0) is 6.42 Å². The number of benzene rings is 1. The molecule has 0 radical (unpaired) electrons. The standard InChI is InChI=1S/C21H29NO2/c23-13-16-8-9-19-18-7-2-1-5-15(18)11-20(19)21(16)12-22-10-4-3-6-17(22)14-24/h1-2,5,7,16-17,21,23-24H,3-4,6,8-14H2. The van der Waals surface area contributed by atoms with E-state index in [-0.39, 0.29) is 13.2 Å². The van der Waals surface area contributed by atoms with Crippen LogP contribution in [0.5, 0.6) is 0 Å². The maximum absolute atomic E-state index is 9.96. The van der Waals surface area contributed by atoms with E-state index in [2.05, 4.69) is 29.2 Å². The third-order valence-corrected chi connectivity index (χ3v) is 6.52. The van der Waals surface area contributed by atoms with Crippen LogP contribution >= 0.6 is 0 Å². The highest BCUT2D eigenvalue weighted by Gasteiger charge is 2.37. The second-order valence-electron chi connectivity index (χ2n) is 7.75. The molecule has 1 heterocycles. The molecule has 3 unspecified atom stereocenters. The van der Waals surface area contributed by atoms with Crippen LogP contribution in [0.15, 0.2) is 29.8 Å². The molecule has 3 atom stereocenters. The first kappa shape index (κ1) is 16.3. The lowest BCUT2D eigenvalue weighted by atomic mass is 9.75. The number of likely N-dealkylation sites (tertiary alicyclic amines) is 1. The van der Waals surface area contributed by atoms with Gasteiger partial charge in [0.25, 0.3) is 0 Å². The van der Waals surface area contributed by atoms with E-state index < -0.39 is 0 Å². The van der Waals surface area contributed by atoms with E-state index >= 15 is 0 Å². The Hall–Kier alpha value is -1.16. The first-order chi connectivity index (χ1) is 11.8. The van der Waals surface area contributed by atoms with Gasteiger partial charge >= 0.3 is 0 Å². The Balaban J connectivity index is 1.61. The van der Waals surface area contributed by atoms with Crippen molar-refractivity contribution in [2.45, 2.75) is 44.6 Å². The van der Waals surface area contributed by atoms with Crippen LogP contribution in [0.1, 0.15) is 43.2 Å². The molecule has 0 aromatic heterocycles. The molecule has 4 rings (SSSR count). The Labute approximate surface area is 145 Å². The Bertz CT molecular complexity index is 624. The van der Waals surface area contributed by atoms with Gasteiger partial charge in [-0.1, -0.05) is 36.3 Å². The van der Waals surface area contributed by atoms with Crippen molar-refractivity contribution in [3.63, 3.8) is 0 Å². The second-order valence-corrected chi connectivity index (χ2v) is 7.75.